The molecule has 0 saturated heterocycles. The molecule has 1 atom stereocenters. The molecule has 30 heavy (non-hydrogen) atoms. The molecule has 2 amide bonds. The van der Waals surface area contributed by atoms with Gasteiger partial charge >= 0.3 is 6.03 Å². The third-order valence-corrected chi connectivity index (χ3v) is 5.37. The zero-order chi connectivity index (χ0) is 21.1. The Morgan fingerprint density at radius 1 is 1.00 bits per heavy atom. The highest BCUT2D eigenvalue weighted by Crippen LogP contribution is 2.28. The van der Waals surface area contributed by atoms with Gasteiger partial charge in [0.2, 0.25) is 0 Å². The monoisotopic (exact) mass is 408 g/mol. The number of aryl methyl sites for hydroxylation is 1. The molecule has 4 rings (SSSR count). The summed E-state index contributed by atoms with van der Waals surface area (Å²) in [4.78, 5) is 12.3. The smallest absolute Gasteiger partial charge is 0.319 e. The topological polar surface area (TPSA) is 61.4 Å². The van der Waals surface area contributed by atoms with Crippen LogP contribution in [0.2, 0.25) is 0 Å². The van der Waals surface area contributed by atoms with Crippen molar-refractivity contribution in [2.45, 2.75) is 31.9 Å². The number of halogens is 2. The van der Waals surface area contributed by atoms with Crippen molar-refractivity contribution in [3.63, 3.8) is 0 Å². The lowest BCUT2D eigenvalue weighted by atomic mass is 9.88. The van der Waals surface area contributed by atoms with Crippen LogP contribution in [0.15, 0.2) is 60.7 Å². The number of carbonyl (C=O) groups is 1. The average Bonchev–Trinajstić information content (AvgIpc) is 2.75. The van der Waals surface area contributed by atoms with Gasteiger partial charge in [0.25, 0.3) is 0 Å². The fourth-order valence-electron chi connectivity index (χ4n) is 3.73. The lowest BCUT2D eigenvalue weighted by Gasteiger charge is -2.23. The molecule has 0 heterocycles. The first kappa shape index (κ1) is 20.0. The van der Waals surface area contributed by atoms with Gasteiger partial charge in [-0.3, -0.25) is 0 Å². The van der Waals surface area contributed by atoms with Crippen LogP contribution in [-0.2, 0) is 19.4 Å². The molecule has 4 nitrogen and oxygen atoms in total. The van der Waals surface area contributed by atoms with Crippen molar-refractivity contribution in [1.29, 1.82) is 0 Å². The third kappa shape index (κ3) is 4.49. The Bertz CT molecular complexity index is 1070. The molecule has 0 fully saturated rings. The number of amides is 2. The molecule has 0 saturated carbocycles. The molecule has 0 aromatic heterocycles. The van der Waals surface area contributed by atoms with Crippen molar-refractivity contribution in [2.75, 3.05) is 5.32 Å². The van der Waals surface area contributed by atoms with Crippen molar-refractivity contribution >= 4 is 11.7 Å². The lowest BCUT2D eigenvalue weighted by molar-refractivity contribution is 0.159. The van der Waals surface area contributed by atoms with E-state index in [2.05, 4.69) is 10.6 Å². The first-order chi connectivity index (χ1) is 14.5. The second-order valence-corrected chi connectivity index (χ2v) is 7.47. The summed E-state index contributed by atoms with van der Waals surface area (Å²) in [6.07, 6.45) is 1.70. The summed E-state index contributed by atoms with van der Waals surface area (Å²) in [6.45, 7) is 0.321. The summed E-state index contributed by atoms with van der Waals surface area (Å²) in [5.41, 5.74) is 5.09. The van der Waals surface area contributed by atoms with E-state index in [-0.39, 0.29) is 12.1 Å². The maximum absolute atomic E-state index is 13.4. The molecule has 0 radical (unpaired) electrons. The molecular weight excluding hydrogens is 386 g/mol. The van der Waals surface area contributed by atoms with Crippen molar-refractivity contribution < 1.29 is 18.7 Å². The Labute approximate surface area is 173 Å². The van der Waals surface area contributed by atoms with Gasteiger partial charge in [-0.2, -0.15) is 0 Å². The van der Waals surface area contributed by atoms with E-state index in [9.17, 15) is 18.7 Å². The average molecular weight is 408 g/mol. The Hall–Kier alpha value is -3.25. The normalized spacial score (nSPS) is 15.4. The van der Waals surface area contributed by atoms with Gasteiger partial charge in [0.1, 0.15) is 0 Å². The first-order valence-corrected chi connectivity index (χ1v) is 9.87. The Balaban J connectivity index is 1.37. The standard InChI is InChI=1S/C24H22F2N2O2/c25-21-11-9-18(12-22(21)26)16-6-4-15(5-7-16)14-27-24(30)28-23-3-1-2-17-8-10-19(29)13-20(17)23/h1-7,9,11-12,19,29H,8,10,13-14H2,(H2,27,28,30). The van der Waals surface area contributed by atoms with Crippen molar-refractivity contribution in [2.24, 2.45) is 0 Å². The van der Waals surface area contributed by atoms with Crippen LogP contribution in [0.5, 0.6) is 0 Å². The number of fused-ring (bicyclic) bond motifs is 1. The molecule has 0 bridgehead atoms. The predicted molar refractivity (Wildman–Crippen MR) is 112 cm³/mol. The predicted octanol–water partition coefficient (Wildman–Crippen LogP) is 4.80. The van der Waals surface area contributed by atoms with E-state index in [0.717, 1.165) is 52.9 Å². The number of aliphatic hydroxyl groups is 1. The highest BCUT2D eigenvalue weighted by Gasteiger charge is 2.19. The molecule has 3 N–H and O–H groups in total. The molecule has 0 spiro atoms. The van der Waals surface area contributed by atoms with Crippen LogP contribution in [0.25, 0.3) is 11.1 Å². The highest BCUT2D eigenvalue weighted by atomic mass is 19.2. The van der Waals surface area contributed by atoms with Gasteiger partial charge in [-0.1, -0.05) is 42.5 Å². The number of nitrogens with one attached hydrogen (secondary N) is 2. The fraction of sp³-hybridized carbons (Fsp3) is 0.208. The number of urea groups is 1. The van der Waals surface area contributed by atoms with E-state index in [1.807, 2.05) is 30.3 Å². The number of carbonyl (C=O) groups excluding carboxylic acids is 1. The van der Waals surface area contributed by atoms with E-state index < -0.39 is 11.6 Å². The number of aliphatic hydroxyl groups excluding tert-OH is 1. The number of hydrogen-bond acceptors (Lipinski definition) is 2. The van der Waals surface area contributed by atoms with Gasteiger partial charge in [-0.05, 0) is 58.9 Å². The van der Waals surface area contributed by atoms with Crippen LogP contribution in [0, 0.1) is 11.6 Å². The zero-order valence-electron chi connectivity index (χ0n) is 16.3. The summed E-state index contributed by atoms with van der Waals surface area (Å²) in [5, 5.41) is 15.6. The van der Waals surface area contributed by atoms with E-state index in [1.54, 1.807) is 12.1 Å². The quantitative estimate of drug-likeness (QED) is 0.581. The minimum absolute atomic E-state index is 0.321. The van der Waals surface area contributed by atoms with E-state index in [4.69, 9.17) is 0 Å². The molecule has 1 unspecified atom stereocenters. The second kappa shape index (κ2) is 8.63. The Kier molecular flexibility index (Phi) is 5.77. The number of hydrogen-bond donors (Lipinski definition) is 3. The highest BCUT2D eigenvalue weighted by molar-refractivity contribution is 5.90. The van der Waals surface area contributed by atoms with Crippen molar-refractivity contribution in [3.8, 4) is 11.1 Å². The molecule has 3 aromatic rings. The van der Waals surface area contributed by atoms with Crippen molar-refractivity contribution in [3.05, 3.63) is 89.0 Å². The van der Waals surface area contributed by atoms with Gasteiger partial charge in [0.05, 0.1) is 6.10 Å². The van der Waals surface area contributed by atoms with Crippen LogP contribution in [-0.4, -0.2) is 17.2 Å². The van der Waals surface area contributed by atoms with E-state index in [1.165, 1.54) is 6.07 Å². The first-order valence-electron chi connectivity index (χ1n) is 9.87. The molecule has 0 aliphatic heterocycles. The minimum atomic E-state index is -0.884. The zero-order valence-corrected chi connectivity index (χ0v) is 16.3. The molecule has 1 aliphatic rings. The van der Waals surface area contributed by atoms with Gasteiger partial charge in [-0.15, -0.1) is 0 Å². The summed E-state index contributed by atoms with van der Waals surface area (Å²) in [7, 11) is 0. The Morgan fingerprint density at radius 2 is 1.77 bits per heavy atom. The van der Waals surface area contributed by atoms with Crippen molar-refractivity contribution in [1.82, 2.24) is 5.32 Å². The number of anilines is 1. The molecule has 3 aromatic carbocycles. The lowest BCUT2D eigenvalue weighted by Crippen LogP contribution is -2.29. The van der Waals surface area contributed by atoms with Crippen LogP contribution < -0.4 is 10.6 Å². The van der Waals surface area contributed by atoms with Crippen LogP contribution in [0.1, 0.15) is 23.1 Å². The Morgan fingerprint density at radius 3 is 2.53 bits per heavy atom. The summed E-state index contributed by atoms with van der Waals surface area (Å²) >= 11 is 0. The molecule has 154 valence electrons. The number of benzene rings is 3. The summed E-state index contributed by atoms with van der Waals surface area (Å²) in [6, 6.07) is 16.5. The van der Waals surface area contributed by atoms with Gasteiger partial charge in [0.15, 0.2) is 11.6 Å². The van der Waals surface area contributed by atoms with Gasteiger partial charge in [0, 0.05) is 18.7 Å². The summed E-state index contributed by atoms with van der Waals surface area (Å²) < 4.78 is 26.5. The summed E-state index contributed by atoms with van der Waals surface area (Å²) in [5.74, 6) is -1.76. The number of rotatable bonds is 4. The third-order valence-electron chi connectivity index (χ3n) is 5.37. The van der Waals surface area contributed by atoms with E-state index >= 15 is 0 Å². The van der Waals surface area contributed by atoms with Crippen LogP contribution in [0.3, 0.4) is 0 Å². The molecule has 6 heteroatoms. The fourth-order valence-corrected chi connectivity index (χ4v) is 3.73. The molecular formula is C24H22F2N2O2. The van der Waals surface area contributed by atoms with Gasteiger partial charge < -0.3 is 15.7 Å². The SMILES string of the molecule is O=C(NCc1ccc(-c2ccc(F)c(F)c2)cc1)Nc1cccc2c1CC(O)CC2. The second-order valence-electron chi connectivity index (χ2n) is 7.47. The maximum atomic E-state index is 13.4. The minimum Gasteiger partial charge on any atom is -0.393 e. The van der Waals surface area contributed by atoms with Crippen LogP contribution in [0.4, 0.5) is 19.3 Å². The molecule has 1 aliphatic carbocycles. The van der Waals surface area contributed by atoms with Crippen LogP contribution >= 0.6 is 0 Å². The largest absolute Gasteiger partial charge is 0.393 e. The van der Waals surface area contributed by atoms with Gasteiger partial charge in [-0.25, -0.2) is 13.6 Å². The van der Waals surface area contributed by atoms with E-state index in [0.29, 0.717) is 18.5 Å². The maximum Gasteiger partial charge on any atom is 0.319 e.